The standard InChI is InChI=1S/C15H17NO5S/c1-3-21-15(18)12-8-13(17)10-16(9-12)22(19,20)14-6-4-11(2)5-7-14/h4-7,9H,3,8,10H2,1-2H3. The number of benzene rings is 1. The lowest BCUT2D eigenvalue weighted by atomic mass is 10.1. The molecule has 1 aliphatic heterocycles. The lowest BCUT2D eigenvalue weighted by Gasteiger charge is -2.24. The highest BCUT2D eigenvalue weighted by Gasteiger charge is 2.30. The number of rotatable bonds is 4. The van der Waals surface area contributed by atoms with Crippen LogP contribution in [0.3, 0.4) is 0 Å². The van der Waals surface area contributed by atoms with Crippen LogP contribution in [0.2, 0.25) is 0 Å². The van der Waals surface area contributed by atoms with E-state index >= 15 is 0 Å². The van der Waals surface area contributed by atoms with Crippen LogP contribution in [0.15, 0.2) is 40.9 Å². The molecule has 1 heterocycles. The summed E-state index contributed by atoms with van der Waals surface area (Å²) in [4.78, 5) is 23.6. The Bertz CT molecular complexity index is 719. The summed E-state index contributed by atoms with van der Waals surface area (Å²) in [6.07, 6.45) is 1.08. The number of ketones is 1. The zero-order valence-electron chi connectivity index (χ0n) is 12.4. The minimum atomic E-state index is -3.86. The number of carbonyl (C=O) groups excluding carboxylic acids is 2. The summed E-state index contributed by atoms with van der Waals surface area (Å²) < 4.78 is 30.8. The van der Waals surface area contributed by atoms with Crippen molar-refractivity contribution in [1.29, 1.82) is 0 Å². The van der Waals surface area contributed by atoms with Gasteiger partial charge in [-0.05, 0) is 26.0 Å². The minimum absolute atomic E-state index is 0.0498. The summed E-state index contributed by atoms with van der Waals surface area (Å²) in [6.45, 7) is 3.37. The van der Waals surface area contributed by atoms with E-state index in [0.29, 0.717) is 0 Å². The first-order valence-corrected chi connectivity index (χ1v) is 8.26. The number of carbonyl (C=O) groups is 2. The molecule has 0 bridgehead atoms. The molecule has 2 rings (SSSR count). The van der Waals surface area contributed by atoms with Gasteiger partial charge in [-0.1, -0.05) is 17.7 Å². The van der Waals surface area contributed by atoms with Crippen LogP contribution >= 0.6 is 0 Å². The van der Waals surface area contributed by atoms with Gasteiger partial charge in [0.05, 0.1) is 23.6 Å². The van der Waals surface area contributed by atoms with E-state index in [2.05, 4.69) is 0 Å². The van der Waals surface area contributed by atoms with E-state index in [9.17, 15) is 18.0 Å². The fourth-order valence-electron chi connectivity index (χ4n) is 2.06. The van der Waals surface area contributed by atoms with Crippen LogP contribution in [0.5, 0.6) is 0 Å². The molecule has 0 radical (unpaired) electrons. The molecule has 7 heteroatoms. The Labute approximate surface area is 129 Å². The van der Waals surface area contributed by atoms with Crippen LogP contribution in [0.1, 0.15) is 18.9 Å². The first-order chi connectivity index (χ1) is 10.3. The average Bonchev–Trinajstić information content (AvgIpc) is 2.47. The van der Waals surface area contributed by atoms with Gasteiger partial charge in [-0.2, -0.15) is 0 Å². The summed E-state index contributed by atoms with van der Waals surface area (Å²) >= 11 is 0. The Balaban J connectivity index is 2.37. The van der Waals surface area contributed by atoms with Crippen LogP contribution < -0.4 is 0 Å². The van der Waals surface area contributed by atoms with Crippen LogP contribution in [-0.4, -0.2) is 37.6 Å². The number of hydrogen-bond donors (Lipinski definition) is 0. The largest absolute Gasteiger partial charge is 0.463 e. The third kappa shape index (κ3) is 3.36. The highest BCUT2D eigenvalue weighted by Crippen LogP contribution is 2.22. The fraction of sp³-hybridized carbons (Fsp3) is 0.333. The molecule has 0 fully saturated rings. The number of sulfonamides is 1. The van der Waals surface area contributed by atoms with Crippen molar-refractivity contribution in [2.75, 3.05) is 13.2 Å². The monoisotopic (exact) mass is 323 g/mol. The Morgan fingerprint density at radius 2 is 1.91 bits per heavy atom. The first kappa shape index (κ1) is 16.2. The van der Waals surface area contributed by atoms with E-state index in [4.69, 9.17) is 4.74 Å². The number of Topliss-reactive ketones (excluding diaryl/α,β-unsaturated/α-hetero) is 1. The fourth-order valence-corrected chi connectivity index (χ4v) is 3.39. The van der Waals surface area contributed by atoms with Crippen molar-refractivity contribution >= 4 is 21.8 Å². The van der Waals surface area contributed by atoms with Gasteiger partial charge in [-0.25, -0.2) is 13.2 Å². The van der Waals surface area contributed by atoms with Crippen LogP contribution in [0.25, 0.3) is 0 Å². The number of ether oxygens (including phenoxy) is 1. The third-order valence-electron chi connectivity index (χ3n) is 3.18. The average molecular weight is 323 g/mol. The number of esters is 1. The van der Waals surface area contributed by atoms with E-state index < -0.39 is 16.0 Å². The van der Waals surface area contributed by atoms with Crippen LogP contribution in [0, 0.1) is 6.92 Å². The molecule has 0 amide bonds. The topological polar surface area (TPSA) is 80.8 Å². The molecule has 0 aliphatic carbocycles. The van der Waals surface area contributed by atoms with Crippen molar-refractivity contribution in [3.63, 3.8) is 0 Å². The number of aryl methyl sites for hydroxylation is 1. The Kier molecular flexibility index (Phi) is 4.65. The number of hydrogen-bond acceptors (Lipinski definition) is 5. The molecule has 0 spiro atoms. The summed E-state index contributed by atoms with van der Waals surface area (Å²) in [5.41, 5.74) is 0.977. The Morgan fingerprint density at radius 3 is 2.50 bits per heavy atom. The molecule has 0 saturated heterocycles. The van der Waals surface area contributed by atoms with Crippen molar-refractivity contribution in [2.45, 2.75) is 25.2 Å². The predicted octanol–water partition coefficient (Wildman–Crippen LogP) is 1.41. The maximum atomic E-state index is 12.5. The third-order valence-corrected chi connectivity index (χ3v) is 4.90. The maximum absolute atomic E-state index is 12.5. The summed E-state index contributed by atoms with van der Waals surface area (Å²) in [5, 5.41) is 0. The SMILES string of the molecule is CCOC(=O)C1=CN(S(=O)(=O)c2ccc(C)cc2)CC(=O)C1. The molecule has 0 aromatic heterocycles. The van der Waals surface area contributed by atoms with Gasteiger partial charge in [-0.15, -0.1) is 0 Å². The molecule has 1 aliphatic rings. The quantitative estimate of drug-likeness (QED) is 0.783. The molecule has 0 unspecified atom stereocenters. The molecule has 118 valence electrons. The van der Waals surface area contributed by atoms with Crippen molar-refractivity contribution in [1.82, 2.24) is 4.31 Å². The lowest BCUT2D eigenvalue weighted by Crippen LogP contribution is -2.36. The van der Waals surface area contributed by atoms with Gasteiger partial charge in [0.2, 0.25) is 0 Å². The molecular formula is C15H17NO5S. The van der Waals surface area contributed by atoms with Crippen molar-refractivity contribution in [3.05, 3.63) is 41.6 Å². The molecule has 6 nitrogen and oxygen atoms in total. The van der Waals surface area contributed by atoms with Gasteiger partial charge in [0, 0.05) is 12.6 Å². The maximum Gasteiger partial charge on any atom is 0.335 e. The summed E-state index contributed by atoms with van der Waals surface area (Å²) in [7, 11) is -3.86. The van der Waals surface area contributed by atoms with Crippen LogP contribution in [-0.2, 0) is 24.3 Å². The van der Waals surface area contributed by atoms with Gasteiger partial charge in [-0.3, -0.25) is 9.10 Å². The zero-order valence-corrected chi connectivity index (χ0v) is 13.2. The van der Waals surface area contributed by atoms with E-state index in [1.54, 1.807) is 19.1 Å². The Hall–Kier alpha value is -2.15. The predicted molar refractivity (Wildman–Crippen MR) is 79.4 cm³/mol. The van der Waals surface area contributed by atoms with Crippen molar-refractivity contribution < 1.29 is 22.7 Å². The molecule has 1 aromatic carbocycles. The Morgan fingerprint density at radius 1 is 1.27 bits per heavy atom. The van der Waals surface area contributed by atoms with Crippen molar-refractivity contribution in [2.24, 2.45) is 0 Å². The van der Waals surface area contributed by atoms with Gasteiger partial charge >= 0.3 is 5.97 Å². The molecule has 0 N–H and O–H groups in total. The van der Waals surface area contributed by atoms with E-state index in [1.165, 1.54) is 18.3 Å². The second kappa shape index (κ2) is 6.31. The summed E-state index contributed by atoms with van der Waals surface area (Å²) in [6, 6.07) is 6.30. The van der Waals surface area contributed by atoms with Crippen molar-refractivity contribution in [3.8, 4) is 0 Å². The van der Waals surface area contributed by atoms with Gasteiger partial charge in [0.25, 0.3) is 10.0 Å². The normalized spacial score (nSPS) is 15.5. The molecule has 0 atom stereocenters. The summed E-state index contributed by atoms with van der Waals surface area (Å²) in [5.74, 6) is -1.01. The van der Waals surface area contributed by atoms with Crippen LogP contribution in [0.4, 0.5) is 0 Å². The molecule has 1 aromatic rings. The van der Waals surface area contributed by atoms with Gasteiger partial charge in [0.1, 0.15) is 0 Å². The zero-order chi connectivity index (χ0) is 16.3. The minimum Gasteiger partial charge on any atom is -0.463 e. The second-order valence-corrected chi connectivity index (χ2v) is 6.84. The smallest absolute Gasteiger partial charge is 0.335 e. The van der Waals surface area contributed by atoms with E-state index in [-0.39, 0.29) is 35.8 Å². The van der Waals surface area contributed by atoms with Gasteiger partial charge < -0.3 is 4.74 Å². The molecular weight excluding hydrogens is 306 g/mol. The molecule has 0 saturated carbocycles. The highest BCUT2D eigenvalue weighted by atomic mass is 32.2. The van der Waals surface area contributed by atoms with E-state index in [0.717, 1.165) is 9.87 Å². The second-order valence-electron chi connectivity index (χ2n) is 4.95. The van der Waals surface area contributed by atoms with E-state index in [1.807, 2.05) is 6.92 Å². The van der Waals surface area contributed by atoms with Gasteiger partial charge in [0.15, 0.2) is 5.78 Å². The first-order valence-electron chi connectivity index (χ1n) is 6.82. The molecule has 22 heavy (non-hydrogen) atoms. The lowest BCUT2D eigenvalue weighted by molar-refractivity contribution is -0.139. The highest BCUT2D eigenvalue weighted by molar-refractivity contribution is 7.89. The number of nitrogens with zero attached hydrogens (tertiary/aromatic N) is 1.